The van der Waals surface area contributed by atoms with Gasteiger partial charge in [0.05, 0.1) is 12.2 Å². The molecule has 0 amide bonds. The van der Waals surface area contributed by atoms with Crippen LogP contribution in [0.3, 0.4) is 0 Å². The van der Waals surface area contributed by atoms with Gasteiger partial charge in [-0.2, -0.15) is 8.78 Å². The van der Waals surface area contributed by atoms with Crippen molar-refractivity contribution in [2.45, 2.75) is 128 Å². The van der Waals surface area contributed by atoms with Gasteiger partial charge in [-0.1, -0.05) is 33.1 Å². The maximum atomic E-state index is 14.4. The molecule has 2 fully saturated rings. The van der Waals surface area contributed by atoms with Crippen molar-refractivity contribution in [3.63, 3.8) is 0 Å². The van der Waals surface area contributed by atoms with Crippen LogP contribution in [0.4, 0.5) is 8.78 Å². The lowest BCUT2D eigenvalue weighted by Crippen LogP contribution is -2.33. The number of aliphatic hydroxyl groups is 1. The number of aliphatic carboxylic acids is 1. The molecule has 2 N–H and O–H groups in total. The molecule has 1 saturated heterocycles. The van der Waals surface area contributed by atoms with Crippen LogP contribution < -0.4 is 0 Å². The SMILES string of the molecule is CC(C)CCC(F)(F)C(=O)CC[C@@H]1[C@@H](CCCCCCC(=O)O)[C@@H](O)C[C@H]1OC1CCCCO1. The largest absolute Gasteiger partial charge is 0.481 e. The molecule has 0 spiro atoms. The number of ether oxygens (including phenoxy) is 2. The highest BCUT2D eigenvalue weighted by atomic mass is 19.3. The number of ketones is 1. The Labute approximate surface area is 202 Å². The standard InChI is InChI=1S/C26H44F2O6/c1-18(2)14-15-26(27,28)23(30)13-12-20-19(9-5-3-4-6-10-24(31)32)21(29)17-22(20)34-25-11-7-8-16-33-25/h18-22,25,29H,3-17H2,1-2H3,(H,31,32)/t19-,20-,21+,22-,25?/m1/s1. The van der Waals surface area contributed by atoms with Crippen LogP contribution in [0, 0.1) is 17.8 Å². The maximum Gasteiger partial charge on any atom is 0.305 e. The van der Waals surface area contributed by atoms with Crippen molar-refractivity contribution in [3.8, 4) is 0 Å². The first-order chi connectivity index (χ1) is 16.1. The highest BCUT2D eigenvalue weighted by Crippen LogP contribution is 2.42. The summed E-state index contributed by atoms with van der Waals surface area (Å²) in [6.45, 7) is 4.36. The highest BCUT2D eigenvalue weighted by molar-refractivity contribution is 5.85. The second-order valence-electron chi connectivity index (χ2n) is 10.5. The molecule has 2 rings (SSSR count). The van der Waals surface area contributed by atoms with Crippen molar-refractivity contribution in [2.75, 3.05) is 6.61 Å². The van der Waals surface area contributed by atoms with Crippen molar-refractivity contribution in [2.24, 2.45) is 17.8 Å². The third-order valence-electron chi connectivity index (χ3n) is 7.29. The number of Topliss-reactive ketones (excluding diaryl/α,β-unsaturated/α-hetero) is 1. The molecule has 1 heterocycles. The van der Waals surface area contributed by atoms with Gasteiger partial charge in [-0.3, -0.25) is 9.59 Å². The van der Waals surface area contributed by atoms with Crippen LogP contribution in [-0.2, 0) is 19.1 Å². The molecule has 34 heavy (non-hydrogen) atoms. The van der Waals surface area contributed by atoms with Crippen LogP contribution in [0.1, 0.15) is 104 Å². The number of unbranched alkanes of at least 4 members (excludes halogenated alkanes) is 3. The zero-order valence-electron chi connectivity index (χ0n) is 20.9. The first-order valence-electron chi connectivity index (χ1n) is 13.2. The molecule has 0 aromatic rings. The van der Waals surface area contributed by atoms with E-state index in [2.05, 4.69) is 0 Å². The van der Waals surface area contributed by atoms with E-state index in [-0.39, 0.29) is 49.4 Å². The van der Waals surface area contributed by atoms with Crippen LogP contribution in [0.5, 0.6) is 0 Å². The van der Waals surface area contributed by atoms with E-state index in [1.54, 1.807) is 0 Å². The number of carboxylic acids is 1. The van der Waals surface area contributed by atoms with E-state index in [1.807, 2.05) is 13.8 Å². The Morgan fingerprint density at radius 1 is 1.06 bits per heavy atom. The normalized spacial score (nSPS) is 27.9. The summed E-state index contributed by atoms with van der Waals surface area (Å²) in [4.78, 5) is 23.0. The van der Waals surface area contributed by atoms with Gasteiger partial charge in [0.2, 0.25) is 5.78 Å². The fourth-order valence-electron chi connectivity index (χ4n) is 5.22. The summed E-state index contributed by atoms with van der Waals surface area (Å²) in [6.07, 6.45) is 5.83. The Morgan fingerprint density at radius 3 is 2.44 bits per heavy atom. The number of carbonyl (C=O) groups excluding carboxylic acids is 1. The molecule has 198 valence electrons. The van der Waals surface area contributed by atoms with E-state index >= 15 is 0 Å². The molecule has 1 unspecified atom stereocenters. The van der Waals surface area contributed by atoms with Crippen molar-refractivity contribution >= 4 is 11.8 Å². The lowest BCUT2D eigenvalue weighted by molar-refractivity contribution is -0.196. The minimum Gasteiger partial charge on any atom is -0.481 e. The molecule has 0 aromatic carbocycles. The Bertz CT molecular complexity index is 620. The molecule has 1 saturated carbocycles. The molecule has 1 aliphatic carbocycles. The van der Waals surface area contributed by atoms with Gasteiger partial charge in [-0.15, -0.1) is 0 Å². The summed E-state index contributed by atoms with van der Waals surface area (Å²) >= 11 is 0. The van der Waals surface area contributed by atoms with Crippen molar-refractivity contribution in [1.29, 1.82) is 0 Å². The van der Waals surface area contributed by atoms with Gasteiger partial charge in [0.15, 0.2) is 6.29 Å². The average Bonchev–Trinajstić information content (AvgIpc) is 3.07. The number of alkyl halides is 2. The molecule has 1 aliphatic heterocycles. The van der Waals surface area contributed by atoms with Crippen LogP contribution in [0.2, 0.25) is 0 Å². The molecule has 0 aromatic heterocycles. The second-order valence-corrected chi connectivity index (χ2v) is 10.5. The number of aliphatic hydroxyl groups excluding tert-OH is 1. The second kappa shape index (κ2) is 14.4. The zero-order valence-corrected chi connectivity index (χ0v) is 20.9. The Kier molecular flexibility index (Phi) is 12.4. The van der Waals surface area contributed by atoms with E-state index in [4.69, 9.17) is 14.6 Å². The Morgan fingerprint density at radius 2 is 1.79 bits per heavy atom. The quantitative estimate of drug-likeness (QED) is 0.268. The van der Waals surface area contributed by atoms with Crippen molar-refractivity contribution < 1.29 is 38.1 Å². The predicted octanol–water partition coefficient (Wildman–Crippen LogP) is 5.74. The van der Waals surface area contributed by atoms with E-state index in [0.717, 1.165) is 38.5 Å². The molecule has 6 nitrogen and oxygen atoms in total. The van der Waals surface area contributed by atoms with Crippen LogP contribution >= 0.6 is 0 Å². The summed E-state index contributed by atoms with van der Waals surface area (Å²) in [5.74, 6) is -5.32. The maximum absolute atomic E-state index is 14.4. The third kappa shape index (κ3) is 9.86. The topological polar surface area (TPSA) is 93.1 Å². The molecule has 2 aliphatic rings. The van der Waals surface area contributed by atoms with Gasteiger partial charge >= 0.3 is 11.9 Å². The monoisotopic (exact) mass is 490 g/mol. The first kappa shape index (κ1) is 29.1. The van der Waals surface area contributed by atoms with Crippen molar-refractivity contribution in [3.05, 3.63) is 0 Å². The number of rotatable bonds is 16. The lowest BCUT2D eigenvalue weighted by atomic mass is 9.84. The number of carboxylic acid groups (broad SMARTS) is 1. The minimum atomic E-state index is -3.32. The predicted molar refractivity (Wildman–Crippen MR) is 125 cm³/mol. The number of carbonyl (C=O) groups is 2. The smallest absolute Gasteiger partial charge is 0.305 e. The van der Waals surface area contributed by atoms with Gasteiger partial charge in [0, 0.05) is 32.3 Å². The Balaban J connectivity index is 1.95. The minimum absolute atomic E-state index is 0.108. The summed E-state index contributed by atoms with van der Waals surface area (Å²) < 4.78 is 40.6. The van der Waals surface area contributed by atoms with Gasteiger partial charge in [0.1, 0.15) is 0 Å². The molecule has 8 heteroatoms. The van der Waals surface area contributed by atoms with Crippen LogP contribution in [-0.4, -0.2) is 53.0 Å². The van der Waals surface area contributed by atoms with E-state index in [1.165, 1.54) is 0 Å². The summed E-state index contributed by atoms with van der Waals surface area (Å²) in [7, 11) is 0. The first-order valence-corrected chi connectivity index (χ1v) is 13.2. The summed E-state index contributed by atoms with van der Waals surface area (Å²) in [6, 6.07) is 0. The zero-order chi connectivity index (χ0) is 25.1. The van der Waals surface area contributed by atoms with Crippen LogP contribution in [0.25, 0.3) is 0 Å². The molecular weight excluding hydrogens is 446 g/mol. The van der Waals surface area contributed by atoms with Crippen LogP contribution in [0.15, 0.2) is 0 Å². The summed E-state index contributed by atoms with van der Waals surface area (Å²) in [5, 5.41) is 19.5. The average molecular weight is 491 g/mol. The molecular formula is C26H44F2O6. The summed E-state index contributed by atoms with van der Waals surface area (Å²) in [5.41, 5.74) is 0. The van der Waals surface area contributed by atoms with E-state index in [0.29, 0.717) is 32.3 Å². The molecule has 0 bridgehead atoms. The van der Waals surface area contributed by atoms with E-state index in [9.17, 15) is 23.5 Å². The fraction of sp³-hybridized carbons (Fsp3) is 0.923. The fourth-order valence-corrected chi connectivity index (χ4v) is 5.22. The van der Waals surface area contributed by atoms with Crippen molar-refractivity contribution in [1.82, 2.24) is 0 Å². The number of hydrogen-bond donors (Lipinski definition) is 2. The molecule has 5 atom stereocenters. The van der Waals surface area contributed by atoms with Gasteiger partial charge in [-0.05, 0) is 62.7 Å². The third-order valence-corrected chi connectivity index (χ3v) is 7.29. The highest BCUT2D eigenvalue weighted by Gasteiger charge is 2.45. The van der Waals surface area contributed by atoms with Gasteiger partial charge in [-0.25, -0.2) is 0 Å². The lowest BCUT2D eigenvalue weighted by Gasteiger charge is -2.30. The Hall–Kier alpha value is -1.12. The van der Waals surface area contributed by atoms with Gasteiger partial charge in [0.25, 0.3) is 0 Å². The number of halogens is 2. The van der Waals surface area contributed by atoms with Gasteiger partial charge < -0.3 is 19.7 Å². The van der Waals surface area contributed by atoms with E-state index < -0.39 is 30.2 Å². The number of hydrogen-bond acceptors (Lipinski definition) is 5. The molecule has 0 radical (unpaired) electrons.